The van der Waals surface area contributed by atoms with Crippen molar-refractivity contribution in [3.05, 3.63) is 70.2 Å². The van der Waals surface area contributed by atoms with E-state index < -0.39 is 0 Å². The van der Waals surface area contributed by atoms with Gasteiger partial charge in [0.05, 0.1) is 10.0 Å². The molecule has 1 heterocycles. The average Bonchev–Trinajstić information content (AvgIpc) is 2.75. The number of piperazine rings is 1. The topological polar surface area (TPSA) is 15.7 Å². The van der Waals surface area contributed by atoms with E-state index in [1.165, 1.54) is 5.69 Å². The first kappa shape index (κ1) is 19.4. The van der Waals surface area contributed by atoms with Gasteiger partial charge in [-0.15, -0.1) is 0 Å². The average molecular weight is 415 g/mol. The van der Waals surface area contributed by atoms with Crippen LogP contribution in [-0.2, 0) is 6.61 Å². The molecular formula is C23H24Cl2N2O. The minimum atomic E-state index is 0.517. The number of benzene rings is 3. The molecule has 0 unspecified atom stereocenters. The van der Waals surface area contributed by atoms with Crippen LogP contribution in [0, 0.1) is 0 Å². The Kier molecular flexibility index (Phi) is 5.96. The summed E-state index contributed by atoms with van der Waals surface area (Å²) in [5.41, 5.74) is 2.43. The Bertz CT molecular complexity index is 951. The molecule has 0 aliphatic carbocycles. The third-order valence-corrected chi connectivity index (χ3v) is 6.24. The van der Waals surface area contributed by atoms with E-state index in [0.29, 0.717) is 16.7 Å². The number of hydrogen-bond acceptors (Lipinski definition) is 3. The van der Waals surface area contributed by atoms with Gasteiger partial charge in [0.2, 0.25) is 0 Å². The summed E-state index contributed by atoms with van der Waals surface area (Å²) in [6.07, 6.45) is 0. The van der Waals surface area contributed by atoms with Crippen LogP contribution >= 0.6 is 23.2 Å². The molecule has 1 aliphatic rings. The van der Waals surface area contributed by atoms with Crippen molar-refractivity contribution in [1.29, 1.82) is 0 Å². The number of nitrogens with zero attached hydrogens (tertiary/aromatic N) is 2. The van der Waals surface area contributed by atoms with Gasteiger partial charge in [0.25, 0.3) is 0 Å². The molecule has 0 amide bonds. The first-order valence-corrected chi connectivity index (χ1v) is 10.5. The molecule has 3 aromatic carbocycles. The second kappa shape index (κ2) is 8.60. The minimum absolute atomic E-state index is 0.517. The number of likely N-dealkylation sites (N-methyl/N-ethyl adjacent to an activating group) is 1. The van der Waals surface area contributed by atoms with E-state index in [-0.39, 0.29) is 0 Å². The molecule has 5 heteroatoms. The van der Waals surface area contributed by atoms with E-state index in [2.05, 4.69) is 41.0 Å². The molecule has 146 valence electrons. The Morgan fingerprint density at radius 3 is 2.32 bits per heavy atom. The highest BCUT2D eigenvalue weighted by Crippen LogP contribution is 2.35. The van der Waals surface area contributed by atoms with Gasteiger partial charge in [-0.1, -0.05) is 54.4 Å². The number of fused-ring (bicyclic) bond motifs is 1. The molecule has 3 aromatic rings. The first-order valence-electron chi connectivity index (χ1n) is 9.71. The summed E-state index contributed by atoms with van der Waals surface area (Å²) in [5, 5.41) is 3.01. The van der Waals surface area contributed by atoms with Crippen LogP contribution in [0.2, 0.25) is 10.0 Å². The van der Waals surface area contributed by atoms with Crippen LogP contribution < -0.4 is 9.64 Å². The van der Waals surface area contributed by atoms with Crippen molar-refractivity contribution >= 4 is 39.7 Å². The molecule has 0 radical (unpaired) electrons. The van der Waals surface area contributed by atoms with E-state index in [1.54, 1.807) is 0 Å². The van der Waals surface area contributed by atoms with Crippen molar-refractivity contribution in [3.63, 3.8) is 0 Å². The quantitative estimate of drug-likeness (QED) is 0.519. The Balaban J connectivity index is 1.43. The Hall–Kier alpha value is -1.94. The maximum atomic E-state index is 6.33. The van der Waals surface area contributed by atoms with Gasteiger partial charge in [0.15, 0.2) is 0 Å². The van der Waals surface area contributed by atoms with Gasteiger partial charge < -0.3 is 14.5 Å². The van der Waals surface area contributed by atoms with Crippen LogP contribution in [0.1, 0.15) is 12.5 Å². The SMILES string of the molecule is CCN1CCN(c2ccc(COc3cccc4c(Cl)c(Cl)ccc34)cc2)CC1. The number of rotatable bonds is 5. The summed E-state index contributed by atoms with van der Waals surface area (Å²) < 4.78 is 6.09. The molecule has 0 bridgehead atoms. The molecule has 1 fully saturated rings. The van der Waals surface area contributed by atoms with E-state index in [1.807, 2.05) is 30.3 Å². The number of ether oxygens (including phenoxy) is 1. The largest absolute Gasteiger partial charge is 0.488 e. The zero-order valence-corrected chi connectivity index (χ0v) is 17.5. The zero-order chi connectivity index (χ0) is 19.5. The van der Waals surface area contributed by atoms with Crippen molar-refractivity contribution < 1.29 is 4.74 Å². The molecule has 1 aliphatic heterocycles. The van der Waals surface area contributed by atoms with Crippen LogP contribution in [0.5, 0.6) is 5.75 Å². The van der Waals surface area contributed by atoms with Crippen molar-refractivity contribution in [3.8, 4) is 5.75 Å². The van der Waals surface area contributed by atoms with Gasteiger partial charge in [0, 0.05) is 42.6 Å². The van der Waals surface area contributed by atoms with Crippen molar-refractivity contribution in [2.45, 2.75) is 13.5 Å². The maximum Gasteiger partial charge on any atom is 0.127 e. The molecule has 1 saturated heterocycles. The summed E-state index contributed by atoms with van der Waals surface area (Å²) in [6, 6.07) is 18.3. The van der Waals surface area contributed by atoms with Gasteiger partial charge in [-0.2, -0.15) is 0 Å². The molecule has 0 N–H and O–H groups in total. The van der Waals surface area contributed by atoms with Crippen LogP contribution in [0.25, 0.3) is 10.8 Å². The number of halogens is 2. The fourth-order valence-electron chi connectivity index (χ4n) is 3.68. The minimum Gasteiger partial charge on any atom is -0.488 e. The maximum absolute atomic E-state index is 6.33. The molecule has 0 saturated carbocycles. The van der Waals surface area contributed by atoms with E-state index >= 15 is 0 Å². The van der Waals surface area contributed by atoms with Crippen molar-refractivity contribution in [2.75, 3.05) is 37.6 Å². The van der Waals surface area contributed by atoms with Gasteiger partial charge in [-0.05, 0) is 42.4 Å². The highest BCUT2D eigenvalue weighted by atomic mass is 35.5. The van der Waals surface area contributed by atoms with Crippen molar-refractivity contribution in [2.24, 2.45) is 0 Å². The van der Waals surface area contributed by atoms with Crippen LogP contribution in [0.15, 0.2) is 54.6 Å². The number of hydrogen-bond donors (Lipinski definition) is 0. The van der Waals surface area contributed by atoms with Gasteiger partial charge in [-0.25, -0.2) is 0 Å². The monoisotopic (exact) mass is 414 g/mol. The first-order chi connectivity index (χ1) is 13.7. The molecule has 0 atom stereocenters. The molecular weight excluding hydrogens is 391 g/mol. The highest BCUT2D eigenvalue weighted by Gasteiger charge is 2.15. The molecule has 4 rings (SSSR count). The highest BCUT2D eigenvalue weighted by molar-refractivity contribution is 6.45. The third-order valence-electron chi connectivity index (χ3n) is 5.42. The summed E-state index contributed by atoms with van der Waals surface area (Å²) in [7, 11) is 0. The Morgan fingerprint density at radius 2 is 1.61 bits per heavy atom. The molecule has 28 heavy (non-hydrogen) atoms. The zero-order valence-electron chi connectivity index (χ0n) is 16.0. The van der Waals surface area contributed by atoms with E-state index in [9.17, 15) is 0 Å². The second-order valence-corrected chi connectivity index (χ2v) is 7.87. The van der Waals surface area contributed by atoms with Crippen molar-refractivity contribution in [1.82, 2.24) is 4.90 Å². The third kappa shape index (κ3) is 4.07. The summed E-state index contributed by atoms with van der Waals surface area (Å²) in [4.78, 5) is 4.94. The van der Waals surface area contributed by atoms with E-state index in [4.69, 9.17) is 27.9 Å². The second-order valence-electron chi connectivity index (χ2n) is 7.09. The lowest BCUT2D eigenvalue weighted by molar-refractivity contribution is 0.271. The normalized spacial score (nSPS) is 15.2. The lowest BCUT2D eigenvalue weighted by atomic mass is 10.1. The van der Waals surface area contributed by atoms with Crippen LogP contribution in [0.3, 0.4) is 0 Å². The van der Waals surface area contributed by atoms with Crippen LogP contribution in [0.4, 0.5) is 5.69 Å². The fourth-order valence-corrected chi connectivity index (χ4v) is 4.07. The van der Waals surface area contributed by atoms with Gasteiger partial charge in [0.1, 0.15) is 12.4 Å². The Labute approximate surface area is 176 Å². The summed E-state index contributed by atoms with van der Waals surface area (Å²) in [6.45, 7) is 8.32. The standard InChI is InChI=1S/C23H24Cl2N2O/c1-2-26-12-14-27(15-13-26)18-8-6-17(7-9-18)16-28-22-5-3-4-20-19(22)10-11-21(24)23(20)25/h3-11H,2,12-16H2,1H3. The predicted octanol–water partition coefficient (Wildman–Crippen LogP) is 5.87. The van der Waals surface area contributed by atoms with E-state index in [0.717, 1.165) is 54.8 Å². The lowest BCUT2D eigenvalue weighted by Gasteiger charge is -2.35. The molecule has 0 spiro atoms. The smallest absolute Gasteiger partial charge is 0.127 e. The fraction of sp³-hybridized carbons (Fsp3) is 0.304. The number of anilines is 1. The summed E-state index contributed by atoms with van der Waals surface area (Å²) in [5.74, 6) is 0.816. The molecule has 3 nitrogen and oxygen atoms in total. The predicted molar refractivity (Wildman–Crippen MR) is 119 cm³/mol. The van der Waals surface area contributed by atoms with Crippen LogP contribution in [-0.4, -0.2) is 37.6 Å². The summed E-state index contributed by atoms with van der Waals surface area (Å²) >= 11 is 12.5. The Morgan fingerprint density at radius 1 is 0.857 bits per heavy atom. The molecule has 0 aromatic heterocycles. The van der Waals surface area contributed by atoms with Gasteiger partial charge >= 0.3 is 0 Å². The van der Waals surface area contributed by atoms with Gasteiger partial charge in [-0.3, -0.25) is 0 Å². The lowest BCUT2D eigenvalue weighted by Crippen LogP contribution is -2.46.